The SMILES string of the molecule is CC(C)(C)Cc1noc2nc(C3CC3)cc(C(=O)N3CCC(C)(CN)C3)c12.Cl. The zero-order chi connectivity index (χ0) is 19.4. The summed E-state index contributed by atoms with van der Waals surface area (Å²) in [5, 5.41) is 5.08. The molecule has 2 aromatic heterocycles. The number of halogens is 1. The van der Waals surface area contributed by atoms with Crippen LogP contribution >= 0.6 is 12.4 Å². The maximum absolute atomic E-state index is 13.5. The lowest BCUT2D eigenvalue weighted by atomic mass is 9.89. The third-order valence-corrected chi connectivity index (χ3v) is 5.80. The lowest BCUT2D eigenvalue weighted by Crippen LogP contribution is -2.34. The van der Waals surface area contributed by atoms with Crippen molar-refractivity contribution in [1.29, 1.82) is 0 Å². The van der Waals surface area contributed by atoms with Gasteiger partial charge in [0.15, 0.2) is 0 Å². The predicted molar refractivity (Wildman–Crippen MR) is 112 cm³/mol. The summed E-state index contributed by atoms with van der Waals surface area (Å²) < 4.78 is 5.58. The Labute approximate surface area is 172 Å². The number of amides is 1. The van der Waals surface area contributed by atoms with Gasteiger partial charge in [-0.15, -0.1) is 12.4 Å². The highest BCUT2D eigenvalue weighted by Gasteiger charge is 2.37. The molecule has 0 radical (unpaired) electrons. The highest BCUT2D eigenvalue weighted by molar-refractivity contribution is 6.06. The molecular weight excluding hydrogens is 376 g/mol. The van der Waals surface area contributed by atoms with Gasteiger partial charge in [-0.1, -0.05) is 32.9 Å². The fraction of sp³-hybridized carbons (Fsp3) is 0.667. The molecular formula is C21H31ClN4O2. The smallest absolute Gasteiger partial charge is 0.259 e. The molecule has 1 aliphatic heterocycles. The van der Waals surface area contributed by atoms with E-state index < -0.39 is 0 Å². The highest BCUT2D eigenvalue weighted by Crippen LogP contribution is 2.41. The van der Waals surface area contributed by atoms with Gasteiger partial charge in [-0.25, -0.2) is 4.98 Å². The van der Waals surface area contributed by atoms with Crippen LogP contribution in [0.4, 0.5) is 0 Å². The molecule has 1 saturated heterocycles. The first-order valence-electron chi connectivity index (χ1n) is 9.98. The Morgan fingerprint density at radius 3 is 2.68 bits per heavy atom. The Morgan fingerprint density at radius 1 is 1.39 bits per heavy atom. The molecule has 3 heterocycles. The van der Waals surface area contributed by atoms with Crippen LogP contribution in [-0.2, 0) is 6.42 Å². The summed E-state index contributed by atoms with van der Waals surface area (Å²) in [5.74, 6) is 0.504. The topological polar surface area (TPSA) is 85.2 Å². The van der Waals surface area contributed by atoms with Gasteiger partial charge in [0.05, 0.1) is 16.6 Å². The van der Waals surface area contributed by atoms with Crippen molar-refractivity contribution in [3.63, 3.8) is 0 Å². The van der Waals surface area contributed by atoms with Crippen molar-refractivity contribution in [2.24, 2.45) is 16.6 Å². The summed E-state index contributed by atoms with van der Waals surface area (Å²) in [6.07, 6.45) is 3.94. The molecule has 0 bridgehead atoms. The van der Waals surface area contributed by atoms with Gasteiger partial charge >= 0.3 is 0 Å². The number of fused-ring (bicyclic) bond motifs is 1. The molecule has 2 aromatic rings. The van der Waals surface area contributed by atoms with E-state index in [4.69, 9.17) is 10.3 Å². The van der Waals surface area contributed by atoms with E-state index in [2.05, 4.69) is 37.8 Å². The second-order valence-corrected chi connectivity index (χ2v) is 9.91. The number of nitrogens with two attached hydrogens (primary N) is 1. The summed E-state index contributed by atoms with van der Waals surface area (Å²) >= 11 is 0. The van der Waals surface area contributed by atoms with Gasteiger partial charge in [-0.2, -0.15) is 0 Å². The third kappa shape index (κ3) is 4.03. The van der Waals surface area contributed by atoms with Gasteiger partial charge in [0.25, 0.3) is 11.6 Å². The van der Waals surface area contributed by atoms with Crippen molar-refractivity contribution in [3.8, 4) is 0 Å². The molecule has 154 valence electrons. The molecule has 28 heavy (non-hydrogen) atoms. The number of carbonyl (C=O) groups excluding carboxylic acids is 1. The minimum absolute atomic E-state index is 0. The maximum atomic E-state index is 13.5. The van der Waals surface area contributed by atoms with Crippen LogP contribution in [0.5, 0.6) is 0 Å². The fourth-order valence-corrected chi connectivity index (χ4v) is 3.94. The molecule has 0 spiro atoms. The van der Waals surface area contributed by atoms with E-state index in [1.807, 2.05) is 11.0 Å². The van der Waals surface area contributed by atoms with Crippen molar-refractivity contribution >= 4 is 29.4 Å². The first kappa shape index (κ1) is 21.1. The van der Waals surface area contributed by atoms with Crippen LogP contribution in [0.2, 0.25) is 0 Å². The Kier molecular flexibility index (Phi) is 5.49. The number of likely N-dealkylation sites (tertiary alicyclic amines) is 1. The minimum atomic E-state index is 0. The quantitative estimate of drug-likeness (QED) is 0.831. The molecule has 1 aliphatic carbocycles. The fourth-order valence-electron chi connectivity index (χ4n) is 3.94. The van der Waals surface area contributed by atoms with E-state index in [0.717, 1.165) is 49.0 Å². The average molecular weight is 407 g/mol. The van der Waals surface area contributed by atoms with Gasteiger partial charge in [0.1, 0.15) is 0 Å². The molecule has 7 heteroatoms. The van der Waals surface area contributed by atoms with Crippen LogP contribution < -0.4 is 5.73 Å². The lowest BCUT2D eigenvalue weighted by Gasteiger charge is -2.23. The van der Waals surface area contributed by atoms with Crippen molar-refractivity contribution in [2.45, 2.75) is 59.3 Å². The molecule has 6 nitrogen and oxygen atoms in total. The summed E-state index contributed by atoms with van der Waals surface area (Å²) in [6.45, 7) is 10.7. The van der Waals surface area contributed by atoms with E-state index in [0.29, 0.717) is 30.3 Å². The monoisotopic (exact) mass is 406 g/mol. The van der Waals surface area contributed by atoms with E-state index in [1.165, 1.54) is 0 Å². The average Bonchev–Trinajstić information content (AvgIpc) is 3.28. The Morgan fingerprint density at radius 2 is 2.11 bits per heavy atom. The van der Waals surface area contributed by atoms with E-state index in [1.54, 1.807) is 0 Å². The van der Waals surface area contributed by atoms with Gasteiger partial charge in [-0.05, 0) is 49.1 Å². The zero-order valence-electron chi connectivity index (χ0n) is 17.2. The number of carbonyl (C=O) groups is 1. The van der Waals surface area contributed by atoms with Gasteiger partial charge in [0, 0.05) is 24.7 Å². The minimum Gasteiger partial charge on any atom is -0.338 e. The zero-order valence-corrected chi connectivity index (χ0v) is 18.1. The third-order valence-electron chi connectivity index (χ3n) is 5.80. The largest absolute Gasteiger partial charge is 0.338 e. The first-order chi connectivity index (χ1) is 12.7. The van der Waals surface area contributed by atoms with Crippen LogP contribution in [0, 0.1) is 10.8 Å². The predicted octanol–water partition coefficient (Wildman–Crippen LogP) is 3.92. The summed E-state index contributed by atoms with van der Waals surface area (Å²) in [6, 6.07) is 1.99. The Hall–Kier alpha value is -1.66. The summed E-state index contributed by atoms with van der Waals surface area (Å²) in [4.78, 5) is 20.1. The van der Waals surface area contributed by atoms with Crippen LogP contribution in [0.1, 0.15) is 74.6 Å². The first-order valence-corrected chi connectivity index (χ1v) is 9.98. The highest BCUT2D eigenvalue weighted by atomic mass is 35.5. The molecule has 2 N–H and O–H groups in total. The van der Waals surface area contributed by atoms with Crippen molar-refractivity contribution in [1.82, 2.24) is 15.0 Å². The van der Waals surface area contributed by atoms with Gasteiger partial charge in [-0.3, -0.25) is 4.79 Å². The second kappa shape index (κ2) is 7.30. The number of hydrogen-bond donors (Lipinski definition) is 1. The van der Waals surface area contributed by atoms with Crippen LogP contribution in [-0.4, -0.2) is 40.6 Å². The van der Waals surface area contributed by atoms with E-state index in [9.17, 15) is 4.79 Å². The van der Waals surface area contributed by atoms with E-state index >= 15 is 0 Å². The molecule has 1 saturated carbocycles. The molecule has 4 rings (SSSR count). The molecule has 1 amide bonds. The maximum Gasteiger partial charge on any atom is 0.259 e. The van der Waals surface area contributed by atoms with Gasteiger partial charge < -0.3 is 15.2 Å². The van der Waals surface area contributed by atoms with Crippen molar-refractivity contribution in [3.05, 3.63) is 23.0 Å². The normalized spacial score (nSPS) is 22.5. The lowest BCUT2D eigenvalue weighted by molar-refractivity contribution is 0.0778. The molecule has 2 aliphatic rings. The molecule has 2 fully saturated rings. The number of nitrogens with zero attached hydrogens (tertiary/aromatic N) is 3. The summed E-state index contributed by atoms with van der Waals surface area (Å²) in [5.41, 5.74) is 8.98. The molecule has 1 atom stereocenters. The number of rotatable bonds is 4. The molecule has 1 unspecified atom stereocenters. The number of pyridine rings is 1. The van der Waals surface area contributed by atoms with Crippen molar-refractivity contribution in [2.75, 3.05) is 19.6 Å². The van der Waals surface area contributed by atoms with Crippen LogP contribution in [0.25, 0.3) is 11.1 Å². The number of aromatic nitrogens is 2. The van der Waals surface area contributed by atoms with Gasteiger partial charge in [0.2, 0.25) is 0 Å². The second-order valence-electron chi connectivity index (χ2n) is 9.91. The number of hydrogen-bond acceptors (Lipinski definition) is 5. The summed E-state index contributed by atoms with van der Waals surface area (Å²) in [7, 11) is 0. The molecule has 0 aromatic carbocycles. The van der Waals surface area contributed by atoms with Crippen LogP contribution in [0.3, 0.4) is 0 Å². The standard InChI is InChI=1S/C21H30N4O2.ClH/c1-20(2,3)10-16-17-14(19(26)25-8-7-21(4,11-22)12-25)9-15(13-5-6-13)23-18(17)27-24-16;/h9,13H,5-8,10-12,22H2,1-4H3;1H. The van der Waals surface area contributed by atoms with E-state index in [-0.39, 0.29) is 29.1 Å². The Bertz CT molecular complexity index is 884. The Balaban J connectivity index is 0.00000225. The van der Waals surface area contributed by atoms with Crippen LogP contribution in [0.15, 0.2) is 10.6 Å². The van der Waals surface area contributed by atoms with Crippen molar-refractivity contribution < 1.29 is 9.32 Å².